The van der Waals surface area contributed by atoms with Crippen LogP contribution in [0.3, 0.4) is 0 Å². The van der Waals surface area contributed by atoms with Crippen molar-refractivity contribution < 1.29 is 23.1 Å². The van der Waals surface area contributed by atoms with E-state index in [1.54, 1.807) is 6.92 Å². The molecule has 0 aromatic rings. The summed E-state index contributed by atoms with van der Waals surface area (Å²) in [4.78, 5) is 21.4. The Morgan fingerprint density at radius 1 is 1.40 bits per heavy atom. The van der Waals surface area contributed by atoms with Gasteiger partial charge >= 0.3 is 5.97 Å². The zero-order valence-corrected chi connectivity index (χ0v) is 9.50. The van der Waals surface area contributed by atoms with Crippen LogP contribution in [0.1, 0.15) is 13.8 Å². The summed E-state index contributed by atoms with van der Waals surface area (Å²) in [7, 11) is -3.64. The highest BCUT2D eigenvalue weighted by atomic mass is 32.2. The van der Waals surface area contributed by atoms with E-state index in [4.69, 9.17) is 5.11 Å². The molecule has 0 bridgehead atoms. The van der Waals surface area contributed by atoms with Crippen molar-refractivity contribution in [2.75, 3.05) is 18.1 Å². The molecule has 0 heterocycles. The molecule has 0 fully saturated rings. The van der Waals surface area contributed by atoms with Gasteiger partial charge in [0.25, 0.3) is 0 Å². The normalized spacial score (nSPS) is 13.2. The van der Waals surface area contributed by atoms with Gasteiger partial charge in [0.15, 0.2) is 9.84 Å². The molecule has 1 atom stereocenters. The van der Waals surface area contributed by atoms with Crippen LogP contribution >= 0.6 is 0 Å². The van der Waals surface area contributed by atoms with Crippen LogP contribution in [0, 0.1) is 5.92 Å². The molecule has 1 amide bonds. The summed E-state index contributed by atoms with van der Waals surface area (Å²) >= 11 is 0. The highest BCUT2D eigenvalue weighted by Crippen LogP contribution is 2.02. The van der Waals surface area contributed by atoms with Crippen LogP contribution in [0.2, 0.25) is 0 Å². The molecule has 6 nitrogen and oxygen atoms in total. The number of nitrogens with one attached hydrogen (secondary N) is 1. The standard InChI is InChI=1S/C8H15NO5S/c1-3-9-7(10)5-15(13,14)4-6(2)8(11)12/h6H,3-5H2,1-2H3,(H,9,10)(H,11,12). The Balaban J connectivity index is 4.32. The van der Waals surface area contributed by atoms with E-state index in [0.717, 1.165) is 0 Å². The molecule has 0 radical (unpaired) electrons. The lowest BCUT2D eigenvalue weighted by Crippen LogP contribution is -2.33. The zero-order valence-electron chi connectivity index (χ0n) is 8.69. The van der Waals surface area contributed by atoms with Gasteiger partial charge in [0, 0.05) is 6.54 Å². The number of carboxylic acids is 1. The van der Waals surface area contributed by atoms with Gasteiger partial charge in [-0.15, -0.1) is 0 Å². The van der Waals surface area contributed by atoms with Crippen molar-refractivity contribution in [1.82, 2.24) is 5.32 Å². The van der Waals surface area contributed by atoms with Crippen molar-refractivity contribution in [3.05, 3.63) is 0 Å². The summed E-state index contributed by atoms with van der Waals surface area (Å²) < 4.78 is 22.6. The van der Waals surface area contributed by atoms with Gasteiger partial charge in [0.1, 0.15) is 5.75 Å². The quantitative estimate of drug-likeness (QED) is 0.633. The molecule has 7 heteroatoms. The maximum atomic E-state index is 11.3. The fourth-order valence-electron chi connectivity index (χ4n) is 0.959. The van der Waals surface area contributed by atoms with Crippen LogP contribution in [0.4, 0.5) is 0 Å². The molecule has 88 valence electrons. The summed E-state index contributed by atoms with van der Waals surface area (Å²) in [6.07, 6.45) is 0. The molecule has 0 rings (SSSR count). The van der Waals surface area contributed by atoms with Crippen molar-refractivity contribution in [2.24, 2.45) is 5.92 Å². The lowest BCUT2D eigenvalue weighted by Gasteiger charge is -2.07. The maximum absolute atomic E-state index is 11.3. The molecule has 0 aliphatic heterocycles. The van der Waals surface area contributed by atoms with Gasteiger partial charge in [-0.25, -0.2) is 8.42 Å². The number of aliphatic carboxylic acids is 1. The molecule has 0 spiro atoms. The fourth-order valence-corrected chi connectivity index (χ4v) is 2.48. The highest BCUT2D eigenvalue weighted by Gasteiger charge is 2.23. The summed E-state index contributed by atoms with van der Waals surface area (Å²) in [5.74, 6) is -3.95. The van der Waals surface area contributed by atoms with Gasteiger partial charge in [-0.2, -0.15) is 0 Å². The monoisotopic (exact) mass is 237 g/mol. The molecule has 0 aliphatic carbocycles. The Morgan fingerprint density at radius 2 is 1.93 bits per heavy atom. The van der Waals surface area contributed by atoms with Crippen molar-refractivity contribution >= 4 is 21.7 Å². The van der Waals surface area contributed by atoms with Gasteiger partial charge in [0.05, 0.1) is 11.7 Å². The van der Waals surface area contributed by atoms with E-state index >= 15 is 0 Å². The first-order valence-corrected chi connectivity index (χ1v) is 6.30. The van der Waals surface area contributed by atoms with Gasteiger partial charge in [-0.3, -0.25) is 9.59 Å². The molecule has 2 N–H and O–H groups in total. The third-order valence-corrected chi connectivity index (χ3v) is 3.36. The summed E-state index contributed by atoms with van der Waals surface area (Å²) in [5, 5.41) is 10.9. The zero-order chi connectivity index (χ0) is 12.1. The highest BCUT2D eigenvalue weighted by molar-refractivity contribution is 7.92. The Kier molecular flexibility index (Phi) is 5.27. The second-order valence-corrected chi connectivity index (χ2v) is 5.36. The van der Waals surface area contributed by atoms with Crippen LogP contribution in [-0.2, 0) is 19.4 Å². The minimum atomic E-state index is -3.64. The molecule has 0 aliphatic rings. The van der Waals surface area contributed by atoms with E-state index in [-0.39, 0.29) is 0 Å². The van der Waals surface area contributed by atoms with E-state index in [1.807, 2.05) is 0 Å². The van der Waals surface area contributed by atoms with Crippen LogP contribution < -0.4 is 5.32 Å². The number of amides is 1. The second-order valence-electron chi connectivity index (χ2n) is 3.25. The van der Waals surface area contributed by atoms with Crippen LogP contribution in [0.15, 0.2) is 0 Å². The van der Waals surface area contributed by atoms with Crippen molar-refractivity contribution in [3.63, 3.8) is 0 Å². The van der Waals surface area contributed by atoms with E-state index in [2.05, 4.69) is 5.32 Å². The molecule has 0 saturated carbocycles. The average molecular weight is 237 g/mol. The molecular weight excluding hydrogens is 222 g/mol. The molecule has 1 unspecified atom stereocenters. The van der Waals surface area contributed by atoms with E-state index in [1.165, 1.54) is 6.92 Å². The van der Waals surface area contributed by atoms with Gasteiger partial charge in [0.2, 0.25) is 5.91 Å². The number of carboxylic acid groups (broad SMARTS) is 1. The first-order valence-electron chi connectivity index (χ1n) is 4.48. The second kappa shape index (κ2) is 5.69. The minimum Gasteiger partial charge on any atom is -0.481 e. The minimum absolute atomic E-state index is 0.350. The first kappa shape index (κ1) is 13.9. The molecule has 15 heavy (non-hydrogen) atoms. The molecule has 0 saturated heterocycles. The van der Waals surface area contributed by atoms with Gasteiger partial charge in [-0.1, -0.05) is 6.92 Å². The number of sulfone groups is 1. The maximum Gasteiger partial charge on any atom is 0.307 e. The lowest BCUT2D eigenvalue weighted by molar-refractivity contribution is -0.140. The third kappa shape index (κ3) is 6.05. The predicted molar refractivity (Wildman–Crippen MR) is 54.1 cm³/mol. The summed E-state index contributed by atoms with van der Waals surface area (Å²) in [6, 6.07) is 0. The molecule has 0 aromatic heterocycles. The third-order valence-electron chi connectivity index (χ3n) is 1.65. The topological polar surface area (TPSA) is 101 Å². The Bertz CT molecular complexity index is 335. The Hall–Kier alpha value is -1.11. The van der Waals surface area contributed by atoms with E-state index < -0.39 is 39.1 Å². The van der Waals surface area contributed by atoms with Crippen molar-refractivity contribution in [1.29, 1.82) is 0 Å². The predicted octanol–water partition coefficient (Wildman–Crippen LogP) is -0.742. The lowest BCUT2D eigenvalue weighted by atomic mass is 10.2. The average Bonchev–Trinajstić information content (AvgIpc) is 2.01. The van der Waals surface area contributed by atoms with Crippen LogP contribution in [0.25, 0.3) is 0 Å². The summed E-state index contributed by atoms with van der Waals surface area (Å²) in [5.41, 5.74) is 0. The number of hydrogen-bond acceptors (Lipinski definition) is 4. The Morgan fingerprint density at radius 3 is 2.33 bits per heavy atom. The van der Waals surface area contributed by atoms with E-state index in [9.17, 15) is 18.0 Å². The smallest absolute Gasteiger partial charge is 0.307 e. The Labute approximate surface area is 88.6 Å². The number of carbonyl (C=O) groups excluding carboxylic acids is 1. The van der Waals surface area contributed by atoms with Gasteiger partial charge < -0.3 is 10.4 Å². The van der Waals surface area contributed by atoms with Crippen LogP contribution in [0.5, 0.6) is 0 Å². The molecule has 0 aromatic carbocycles. The largest absolute Gasteiger partial charge is 0.481 e. The molecular formula is C8H15NO5S. The van der Waals surface area contributed by atoms with Crippen LogP contribution in [-0.4, -0.2) is 43.5 Å². The van der Waals surface area contributed by atoms with E-state index in [0.29, 0.717) is 6.54 Å². The number of hydrogen-bond donors (Lipinski definition) is 2. The SMILES string of the molecule is CCNC(=O)CS(=O)(=O)CC(C)C(=O)O. The number of carbonyl (C=O) groups is 2. The van der Waals surface area contributed by atoms with Crippen molar-refractivity contribution in [3.8, 4) is 0 Å². The fraction of sp³-hybridized carbons (Fsp3) is 0.750. The number of rotatable bonds is 6. The first-order chi connectivity index (χ1) is 6.78. The van der Waals surface area contributed by atoms with Gasteiger partial charge in [-0.05, 0) is 6.92 Å². The summed E-state index contributed by atoms with van der Waals surface area (Å²) in [6.45, 7) is 3.31. The van der Waals surface area contributed by atoms with Crippen molar-refractivity contribution in [2.45, 2.75) is 13.8 Å².